The van der Waals surface area contributed by atoms with Gasteiger partial charge < -0.3 is 20.0 Å². The summed E-state index contributed by atoms with van der Waals surface area (Å²) >= 11 is 0. The van der Waals surface area contributed by atoms with Crippen LogP contribution in [0, 0.1) is 5.82 Å². The van der Waals surface area contributed by atoms with Gasteiger partial charge in [0.15, 0.2) is 0 Å². The molecule has 1 fully saturated rings. The molecule has 144 valence electrons. The van der Waals surface area contributed by atoms with Crippen molar-refractivity contribution in [2.24, 2.45) is 0 Å². The van der Waals surface area contributed by atoms with Crippen molar-refractivity contribution in [3.63, 3.8) is 0 Å². The van der Waals surface area contributed by atoms with Crippen molar-refractivity contribution >= 4 is 17.4 Å². The molecule has 5 nitrogen and oxygen atoms in total. The van der Waals surface area contributed by atoms with Crippen LogP contribution in [0.2, 0.25) is 0 Å². The van der Waals surface area contributed by atoms with Gasteiger partial charge >= 0.3 is 6.03 Å². The van der Waals surface area contributed by atoms with Gasteiger partial charge in [-0.2, -0.15) is 0 Å². The number of anilines is 2. The fourth-order valence-electron chi connectivity index (χ4n) is 3.29. The molecule has 6 heteroatoms. The lowest BCUT2D eigenvalue weighted by Crippen LogP contribution is -2.52. The van der Waals surface area contributed by atoms with Crippen LogP contribution in [-0.2, 0) is 0 Å². The third kappa shape index (κ3) is 5.12. The summed E-state index contributed by atoms with van der Waals surface area (Å²) in [6.07, 6.45) is 0.881. The van der Waals surface area contributed by atoms with E-state index in [1.165, 1.54) is 11.8 Å². The third-order valence-electron chi connectivity index (χ3n) is 4.90. The molecule has 1 aliphatic rings. The molecule has 1 saturated heterocycles. The maximum Gasteiger partial charge on any atom is 0.317 e. The lowest BCUT2D eigenvalue weighted by molar-refractivity contribution is 0.194. The number of para-hydroxylation sites is 2. The summed E-state index contributed by atoms with van der Waals surface area (Å²) in [5, 5.41) is 2.99. The molecular formula is C21H27FN4O. The van der Waals surface area contributed by atoms with Crippen LogP contribution in [0.5, 0.6) is 0 Å². The predicted molar refractivity (Wildman–Crippen MR) is 108 cm³/mol. The number of halogens is 1. The SMILES string of the molecule is CN(CCCNC(=O)N1CCN(c2ccccc2F)CC1)c1ccccc1. The van der Waals surface area contributed by atoms with Crippen LogP contribution in [0.15, 0.2) is 54.6 Å². The van der Waals surface area contributed by atoms with Crippen LogP contribution in [0.3, 0.4) is 0 Å². The average molecular weight is 370 g/mol. The molecule has 0 atom stereocenters. The van der Waals surface area contributed by atoms with Crippen molar-refractivity contribution in [1.82, 2.24) is 10.2 Å². The first-order valence-electron chi connectivity index (χ1n) is 9.43. The largest absolute Gasteiger partial charge is 0.375 e. The van der Waals surface area contributed by atoms with Crippen LogP contribution < -0.4 is 15.1 Å². The molecule has 0 bridgehead atoms. The Hall–Kier alpha value is -2.76. The van der Waals surface area contributed by atoms with Crippen LogP contribution >= 0.6 is 0 Å². The van der Waals surface area contributed by atoms with E-state index in [-0.39, 0.29) is 11.8 Å². The van der Waals surface area contributed by atoms with E-state index in [1.54, 1.807) is 17.0 Å². The maximum absolute atomic E-state index is 13.9. The lowest BCUT2D eigenvalue weighted by Gasteiger charge is -2.36. The maximum atomic E-state index is 13.9. The van der Waals surface area contributed by atoms with Gasteiger partial charge in [-0.3, -0.25) is 0 Å². The van der Waals surface area contributed by atoms with Crippen LogP contribution in [0.1, 0.15) is 6.42 Å². The molecule has 3 rings (SSSR count). The molecule has 0 aliphatic carbocycles. The number of carbonyl (C=O) groups is 1. The fraction of sp³-hybridized carbons (Fsp3) is 0.381. The predicted octanol–water partition coefficient (Wildman–Crippen LogP) is 3.18. The summed E-state index contributed by atoms with van der Waals surface area (Å²) in [7, 11) is 2.05. The Bertz CT molecular complexity index is 732. The van der Waals surface area contributed by atoms with Crippen molar-refractivity contribution < 1.29 is 9.18 Å². The first kappa shape index (κ1) is 19.0. The first-order chi connectivity index (χ1) is 13.1. The van der Waals surface area contributed by atoms with Gasteiger partial charge in [0.05, 0.1) is 5.69 Å². The number of hydrogen-bond donors (Lipinski definition) is 1. The molecule has 2 aromatic rings. The monoisotopic (exact) mass is 370 g/mol. The molecule has 1 aliphatic heterocycles. The number of urea groups is 1. The van der Waals surface area contributed by atoms with Crippen molar-refractivity contribution in [3.8, 4) is 0 Å². The number of nitrogens with one attached hydrogen (secondary N) is 1. The summed E-state index contributed by atoms with van der Waals surface area (Å²) < 4.78 is 13.9. The third-order valence-corrected chi connectivity index (χ3v) is 4.90. The molecule has 27 heavy (non-hydrogen) atoms. The summed E-state index contributed by atoms with van der Waals surface area (Å²) in [5.41, 5.74) is 1.79. The fourth-order valence-corrected chi connectivity index (χ4v) is 3.29. The first-order valence-corrected chi connectivity index (χ1v) is 9.43. The summed E-state index contributed by atoms with van der Waals surface area (Å²) in [5.74, 6) is -0.210. The van der Waals surface area contributed by atoms with E-state index in [1.807, 2.05) is 29.2 Å². The standard InChI is InChI=1S/C21H27FN4O/c1-24(18-8-3-2-4-9-18)13-7-12-23-21(27)26-16-14-25(15-17-26)20-11-6-5-10-19(20)22/h2-6,8-11H,7,12-17H2,1H3,(H,23,27). The van der Waals surface area contributed by atoms with E-state index >= 15 is 0 Å². The van der Waals surface area contributed by atoms with Gasteiger partial charge in [0, 0.05) is 52.0 Å². The summed E-state index contributed by atoms with van der Waals surface area (Å²) in [4.78, 5) is 18.3. The lowest BCUT2D eigenvalue weighted by atomic mass is 10.2. The van der Waals surface area contributed by atoms with E-state index in [2.05, 4.69) is 29.4 Å². The van der Waals surface area contributed by atoms with Crippen LogP contribution in [0.4, 0.5) is 20.6 Å². The van der Waals surface area contributed by atoms with Crippen LogP contribution in [-0.4, -0.2) is 57.2 Å². The normalized spacial score (nSPS) is 14.1. The average Bonchev–Trinajstić information content (AvgIpc) is 2.72. The van der Waals surface area contributed by atoms with Crippen molar-refractivity contribution in [3.05, 3.63) is 60.4 Å². The number of piperazine rings is 1. The van der Waals surface area contributed by atoms with Crippen molar-refractivity contribution in [2.75, 3.05) is 56.1 Å². The molecule has 0 saturated carbocycles. The Labute approximate surface area is 160 Å². The molecule has 0 spiro atoms. The number of amides is 2. The molecule has 0 unspecified atom stereocenters. The van der Waals surface area contributed by atoms with Gasteiger partial charge in [-0.05, 0) is 30.7 Å². The molecule has 0 aromatic heterocycles. The molecule has 1 N–H and O–H groups in total. The zero-order valence-corrected chi connectivity index (χ0v) is 15.8. The van der Waals surface area contributed by atoms with E-state index < -0.39 is 0 Å². The highest BCUT2D eigenvalue weighted by molar-refractivity contribution is 5.74. The second-order valence-electron chi connectivity index (χ2n) is 6.77. The van der Waals surface area contributed by atoms with Gasteiger partial charge in [-0.1, -0.05) is 30.3 Å². The number of nitrogens with zero attached hydrogens (tertiary/aromatic N) is 3. The van der Waals surface area contributed by atoms with Crippen LogP contribution in [0.25, 0.3) is 0 Å². The minimum absolute atomic E-state index is 0.0365. The highest BCUT2D eigenvalue weighted by atomic mass is 19.1. The van der Waals surface area contributed by atoms with E-state index in [0.717, 1.165) is 13.0 Å². The van der Waals surface area contributed by atoms with Crippen molar-refractivity contribution in [2.45, 2.75) is 6.42 Å². The summed E-state index contributed by atoms with van der Waals surface area (Å²) in [6, 6.07) is 17.0. The number of benzene rings is 2. The van der Waals surface area contributed by atoms with Gasteiger partial charge in [0.25, 0.3) is 0 Å². The molecule has 1 heterocycles. The number of carbonyl (C=O) groups excluding carboxylic acids is 1. The van der Waals surface area contributed by atoms with Gasteiger partial charge in [0.2, 0.25) is 0 Å². The minimum Gasteiger partial charge on any atom is -0.375 e. The zero-order chi connectivity index (χ0) is 19.1. The Kier molecular flexibility index (Phi) is 6.52. The quantitative estimate of drug-likeness (QED) is 0.794. The Balaban J connectivity index is 1.37. The van der Waals surface area contributed by atoms with Gasteiger partial charge in [-0.25, -0.2) is 9.18 Å². The number of rotatable bonds is 6. The molecule has 2 amide bonds. The van der Waals surface area contributed by atoms with E-state index in [0.29, 0.717) is 38.4 Å². The molecule has 0 radical (unpaired) electrons. The minimum atomic E-state index is -0.210. The van der Waals surface area contributed by atoms with Gasteiger partial charge in [-0.15, -0.1) is 0 Å². The smallest absolute Gasteiger partial charge is 0.317 e. The van der Waals surface area contributed by atoms with E-state index in [4.69, 9.17) is 0 Å². The van der Waals surface area contributed by atoms with Gasteiger partial charge in [0.1, 0.15) is 5.82 Å². The van der Waals surface area contributed by atoms with Crippen molar-refractivity contribution in [1.29, 1.82) is 0 Å². The highest BCUT2D eigenvalue weighted by Crippen LogP contribution is 2.20. The topological polar surface area (TPSA) is 38.8 Å². The Morgan fingerprint density at radius 2 is 1.70 bits per heavy atom. The number of hydrogen-bond acceptors (Lipinski definition) is 3. The highest BCUT2D eigenvalue weighted by Gasteiger charge is 2.22. The zero-order valence-electron chi connectivity index (χ0n) is 15.8. The summed E-state index contributed by atoms with van der Waals surface area (Å²) in [6.45, 7) is 4.01. The second kappa shape index (κ2) is 9.26. The Morgan fingerprint density at radius 3 is 2.41 bits per heavy atom. The molecule has 2 aromatic carbocycles. The molecular weight excluding hydrogens is 343 g/mol. The Morgan fingerprint density at radius 1 is 1.04 bits per heavy atom. The second-order valence-corrected chi connectivity index (χ2v) is 6.77. The van der Waals surface area contributed by atoms with E-state index in [9.17, 15) is 9.18 Å².